The van der Waals surface area contributed by atoms with Gasteiger partial charge in [0.05, 0.1) is 0 Å². The molecule has 200 valence electrons. The van der Waals surface area contributed by atoms with Crippen LogP contribution >= 0.6 is 0 Å². The molecule has 0 unspecified atom stereocenters. The van der Waals surface area contributed by atoms with Crippen molar-refractivity contribution in [2.45, 2.75) is 65.1 Å². The van der Waals surface area contributed by atoms with Crippen LogP contribution in [0.5, 0.6) is 11.5 Å². The Morgan fingerprint density at radius 1 is 0.921 bits per heavy atom. The van der Waals surface area contributed by atoms with Crippen LogP contribution in [0.4, 0.5) is 0 Å². The van der Waals surface area contributed by atoms with Gasteiger partial charge in [0.2, 0.25) is 11.8 Å². The average molecular weight is 515 g/mol. The highest BCUT2D eigenvalue weighted by atomic mass is 16.6. The van der Waals surface area contributed by atoms with E-state index in [1.165, 1.54) is 0 Å². The molecular weight excluding hydrogens is 476 g/mol. The van der Waals surface area contributed by atoms with Crippen LogP contribution in [0.25, 0.3) is 0 Å². The molecule has 3 aromatic rings. The Kier molecular flexibility index (Phi) is 9.41. The highest BCUT2D eigenvalue weighted by molar-refractivity contribution is 5.88. The molecule has 2 atom stereocenters. The lowest BCUT2D eigenvalue weighted by atomic mass is 10.00. The van der Waals surface area contributed by atoms with E-state index < -0.39 is 6.04 Å². The molecule has 6 heteroatoms. The first-order valence-electron chi connectivity index (χ1n) is 13.5. The number of fused-ring (bicyclic) bond motifs is 1. The fourth-order valence-corrected chi connectivity index (χ4v) is 4.60. The number of hydrogen-bond acceptors (Lipinski definition) is 4. The summed E-state index contributed by atoms with van der Waals surface area (Å²) in [5, 5.41) is 3.13. The monoisotopic (exact) mass is 514 g/mol. The zero-order chi connectivity index (χ0) is 26.9. The van der Waals surface area contributed by atoms with E-state index in [0.717, 1.165) is 34.4 Å². The molecule has 0 saturated heterocycles. The van der Waals surface area contributed by atoms with Crippen molar-refractivity contribution in [1.82, 2.24) is 10.2 Å². The normalized spacial score (nSPS) is 13.9. The third-order valence-electron chi connectivity index (χ3n) is 7.11. The third kappa shape index (κ3) is 7.15. The molecule has 0 radical (unpaired) electrons. The molecule has 1 N–H and O–H groups in total. The average Bonchev–Trinajstić information content (AvgIpc) is 2.94. The van der Waals surface area contributed by atoms with E-state index in [2.05, 4.69) is 5.32 Å². The summed E-state index contributed by atoms with van der Waals surface area (Å²) in [6, 6.07) is 23.2. The zero-order valence-electron chi connectivity index (χ0n) is 22.6. The van der Waals surface area contributed by atoms with E-state index in [0.29, 0.717) is 38.3 Å². The van der Waals surface area contributed by atoms with Gasteiger partial charge in [-0.2, -0.15) is 0 Å². The van der Waals surface area contributed by atoms with Gasteiger partial charge >= 0.3 is 0 Å². The first-order valence-corrected chi connectivity index (χ1v) is 13.5. The topological polar surface area (TPSA) is 67.9 Å². The largest absolute Gasteiger partial charge is 0.486 e. The molecule has 0 fully saturated rings. The van der Waals surface area contributed by atoms with Gasteiger partial charge < -0.3 is 19.7 Å². The summed E-state index contributed by atoms with van der Waals surface area (Å²) in [4.78, 5) is 29.3. The lowest BCUT2D eigenvalue weighted by Gasteiger charge is -2.33. The quantitative estimate of drug-likeness (QED) is 0.379. The second-order valence-corrected chi connectivity index (χ2v) is 9.95. The maximum absolute atomic E-state index is 13.9. The summed E-state index contributed by atoms with van der Waals surface area (Å²) in [6.45, 7) is 7.51. The van der Waals surface area contributed by atoms with E-state index in [1.807, 2.05) is 93.6 Å². The molecule has 0 bridgehead atoms. The predicted molar refractivity (Wildman–Crippen MR) is 149 cm³/mol. The third-order valence-corrected chi connectivity index (χ3v) is 7.11. The Morgan fingerprint density at radius 3 is 2.37 bits per heavy atom. The minimum absolute atomic E-state index is 0.0221. The van der Waals surface area contributed by atoms with Crippen LogP contribution in [0, 0.1) is 6.92 Å². The Bertz CT molecular complexity index is 1230. The van der Waals surface area contributed by atoms with Crippen molar-refractivity contribution in [3.63, 3.8) is 0 Å². The zero-order valence-corrected chi connectivity index (χ0v) is 22.6. The molecule has 1 aliphatic rings. The molecule has 6 nitrogen and oxygen atoms in total. The molecule has 0 spiro atoms. The maximum Gasteiger partial charge on any atom is 0.243 e. The van der Waals surface area contributed by atoms with Crippen molar-refractivity contribution in [1.29, 1.82) is 0 Å². The summed E-state index contributed by atoms with van der Waals surface area (Å²) in [5.74, 6) is 1.28. The molecule has 0 saturated carbocycles. The fraction of sp³-hybridized carbons (Fsp3) is 0.375. The molecule has 1 heterocycles. The number of amides is 2. The molecule has 2 amide bonds. The van der Waals surface area contributed by atoms with E-state index in [4.69, 9.17) is 9.47 Å². The lowest BCUT2D eigenvalue weighted by Crippen LogP contribution is -2.52. The van der Waals surface area contributed by atoms with Gasteiger partial charge in [-0.05, 0) is 61.1 Å². The SMILES string of the molecule is CC[C@H](C)NC(=O)[C@@H](Cc1ccccc1)N(Cc1ccccc1C)C(=O)CCc1ccc2c(c1)OCCO2. The van der Waals surface area contributed by atoms with Crippen LogP contribution in [0.1, 0.15) is 48.9 Å². The summed E-state index contributed by atoms with van der Waals surface area (Å²) in [7, 11) is 0. The number of carbonyl (C=O) groups is 2. The van der Waals surface area contributed by atoms with Crippen LogP contribution in [-0.2, 0) is 29.0 Å². The minimum Gasteiger partial charge on any atom is -0.486 e. The van der Waals surface area contributed by atoms with Crippen molar-refractivity contribution < 1.29 is 19.1 Å². The number of nitrogens with zero attached hydrogens (tertiary/aromatic N) is 1. The number of hydrogen-bond donors (Lipinski definition) is 1. The Balaban J connectivity index is 1.60. The molecule has 0 aromatic heterocycles. The van der Waals surface area contributed by atoms with Crippen molar-refractivity contribution in [3.05, 3.63) is 95.1 Å². The highest BCUT2D eigenvalue weighted by Gasteiger charge is 2.31. The number of rotatable bonds is 11. The Hall–Kier alpha value is -3.80. The van der Waals surface area contributed by atoms with Crippen LogP contribution in [0.2, 0.25) is 0 Å². The van der Waals surface area contributed by atoms with E-state index >= 15 is 0 Å². The van der Waals surface area contributed by atoms with Gasteiger partial charge in [-0.3, -0.25) is 9.59 Å². The van der Waals surface area contributed by atoms with Crippen molar-refractivity contribution in [3.8, 4) is 11.5 Å². The number of nitrogens with one attached hydrogen (secondary N) is 1. The minimum atomic E-state index is -0.626. The fourth-order valence-electron chi connectivity index (χ4n) is 4.60. The molecular formula is C32H38N2O4. The number of carbonyl (C=O) groups excluding carboxylic acids is 2. The van der Waals surface area contributed by atoms with Gasteiger partial charge in [-0.1, -0.05) is 67.6 Å². The molecule has 3 aromatic carbocycles. The lowest BCUT2D eigenvalue weighted by molar-refractivity contribution is -0.141. The standard InChI is InChI=1S/C32H38N2O4/c1-4-24(3)33-32(36)28(20-25-11-6-5-7-12-25)34(22-27-13-9-8-10-23(27)2)31(35)17-15-26-14-16-29-30(21-26)38-19-18-37-29/h5-14,16,21,24,28H,4,15,17-20,22H2,1-3H3,(H,33,36)/t24-,28+/m0/s1. The smallest absolute Gasteiger partial charge is 0.243 e. The number of benzene rings is 3. The molecule has 0 aliphatic carbocycles. The van der Waals surface area contributed by atoms with E-state index in [1.54, 1.807) is 4.90 Å². The van der Waals surface area contributed by atoms with Gasteiger partial charge in [-0.15, -0.1) is 0 Å². The maximum atomic E-state index is 13.9. The van der Waals surface area contributed by atoms with Gasteiger partial charge in [0, 0.05) is 25.4 Å². The first kappa shape index (κ1) is 27.2. The summed E-state index contributed by atoms with van der Waals surface area (Å²) in [6.07, 6.45) is 2.10. The molecule has 1 aliphatic heterocycles. The molecule has 38 heavy (non-hydrogen) atoms. The van der Waals surface area contributed by atoms with Gasteiger partial charge in [-0.25, -0.2) is 0 Å². The summed E-state index contributed by atoms with van der Waals surface area (Å²) in [5.41, 5.74) is 4.15. The van der Waals surface area contributed by atoms with E-state index in [9.17, 15) is 9.59 Å². The van der Waals surface area contributed by atoms with Gasteiger partial charge in [0.25, 0.3) is 0 Å². The van der Waals surface area contributed by atoms with Crippen LogP contribution < -0.4 is 14.8 Å². The molecule has 4 rings (SSSR count). The number of ether oxygens (including phenoxy) is 2. The number of aryl methyl sites for hydroxylation is 2. The first-order chi connectivity index (χ1) is 18.4. The van der Waals surface area contributed by atoms with E-state index in [-0.39, 0.29) is 24.3 Å². The predicted octanol–water partition coefficient (Wildman–Crippen LogP) is 5.25. The van der Waals surface area contributed by atoms with Crippen molar-refractivity contribution >= 4 is 11.8 Å². The van der Waals surface area contributed by atoms with Crippen molar-refractivity contribution in [2.75, 3.05) is 13.2 Å². The van der Waals surface area contributed by atoms with Gasteiger partial charge in [0.1, 0.15) is 19.3 Å². The Morgan fingerprint density at radius 2 is 1.63 bits per heavy atom. The highest BCUT2D eigenvalue weighted by Crippen LogP contribution is 2.31. The summed E-state index contributed by atoms with van der Waals surface area (Å²) < 4.78 is 11.4. The van der Waals surface area contributed by atoms with Crippen LogP contribution in [0.15, 0.2) is 72.8 Å². The van der Waals surface area contributed by atoms with Crippen molar-refractivity contribution in [2.24, 2.45) is 0 Å². The summed E-state index contributed by atoms with van der Waals surface area (Å²) >= 11 is 0. The Labute approximate surface area is 226 Å². The van der Waals surface area contributed by atoms with Crippen LogP contribution in [0.3, 0.4) is 0 Å². The van der Waals surface area contributed by atoms with Gasteiger partial charge in [0.15, 0.2) is 11.5 Å². The second kappa shape index (κ2) is 13.1. The second-order valence-electron chi connectivity index (χ2n) is 9.95. The van der Waals surface area contributed by atoms with Crippen LogP contribution in [-0.4, -0.2) is 42.0 Å².